The second-order valence-electron chi connectivity index (χ2n) is 7.76. The lowest BCUT2D eigenvalue weighted by molar-refractivity contribution is 0.138. The van der Waals surface area contributed by atoms with Gasteiger partial charge in [0.2, 0.25) is 5.88 Å². The van der Waals surface area contributed by atoms with E-state index >= 15 is 0 Å². The van der Waals surface area contributed by atoms with E-state index in [9.17, 15) is 0 Å². The van der Waals surface area contributed by atoms with Gasteiger partial charge >= 0.3 is 0 Å². The fourth-order valence-electron chi connectivity index (χ4n) is 4.17. The second-order valence-corrected chi connectivity index (χ2v) is 9.01. The van der Waals surface area contributed by atoms with Gasteiger partial charge in [0.1, 0.15) is 6.10 Å². The predicted molar refractivity (Wildman–Crippen MR) is 124 cm³/mol. The third kappa shape index (κ3) is 5.09. The van der Waals surface area contributed by atoms with Crippen molar-refractivity contribution in [2.45, 2.75) is 25.5 Å². The van der Waals surface area contributed by atoms with Gasteiger partial charge in [0.15, 0.2) is 0 Å². The molecule has 1 fully saturated rings. The van der Waals surface area contributed by atoms with Crippen LogP contribution in [0, 0.1) is 5.92 Å². The van der Waals surface area contributed by atoms with Crippen LogP contribution in [0.4, 0.5) is 0 Å². The Hall–Kier alpha value is -1.78. The van der Waals surface area contributed by atoms with Crippen LogP contribution in [0.1, 0.15) is 24.0 Å². The molecule has 3 aromatic rings. The quantitative estimate of drug-likeness (QED) is 0.407. The van der Waals surface area contributed by atoms with Crippen molar-refractivity contribution in [3.8, 4) is 5.88 Å². The Kier molecular flexibility index (Phi) is 6.84. The van der Waals surface area contributed by atoms with Gasteiger partial charge < -0.3 is 4.74 Å². The first-order valence-corrected chi connectivity index (χ1v) is 11.1. The van der Waals surface area contributed by atoms with E-state index in [0.717, 1.165) is 19.6 Å². The number of ether oxygens (including phenoxy) is 1. The van der Waals surface area contributed by atoms with E-state index in [1.165, 1.54) is 11.1 Å². The average Bonchev–Trinajstić information content (AvgIpc) is 3.16. The smallest absolute Gasteiger partial charge is 0.213 e. The topological polar surface area (TPSA) is 25.4 Å². The van der Waals surface area contributed by atoms with Gasteiger partial charge in [0.05, 0.1) is 15.1 Å². The molecule has 0 saturated carbocycles. The number of benzene rings is 2. The standard InChI is InChI=1S/C24H23Cl3N2O/c1-16(30-24-10-8-19(25)12-28-24)20-14-29(13-17-5-3-2-4-6-17)15-21(20)18-7-9-22(26)23(27)11-18/h2-12,16,20-21H,13-15H2,1H3/t16-,20-,21+/m0/s1. The fourth-order valence-corrected chi connectivity index (χ4v) is 4.58. The first kappa shape index (κ1) is 21.5. The zero-order valence-electron chi connectivity index (χ0n) is 16.6. The van der Waals surface area contributed by atoms with Crippen molar-refractivity contribution < 1.29 is 4.74 Å². The van der Waals surface area contributed by atoms with Crippen LogP contribution in [0.2, 0.25) is 15.1 Å². The second kappa shape index (κ2) is 9.57. The molecule has 30 heavy (non-hydrogen) atoms. The summed E-state index contributed by atoms with van der Waals surface area (Å²) in [6, 6.07) is 20.1. The zero-order valence-corrected chi connectivity index (χ0v) is 18.9. The minimum Gasteiger partial charge on any atom is -0.474 e. The maximum atomic E-state index is 6.33. The summed E-state index contributed by atoms with van der Waals surface area (Å²) >= 11 is 18.4. The van der Waals surface area contributed by atoms with Gasteiger partial charge in [-0.15, -0.1) is 0 Å². The van der Waals surface area contributed by atoms with Gasteiger partial charge in [0, 0.05) is 43.7 Å². The van der Waals surface area contributed by atoms with Crippen LogP contribution in [0.3, 0.4) is 0 Å². The Labute approximate surface area is 192 Å². The Morgan fingerprint density at radius 1 is 1.00 bits per heavy atom. The molecule has 0 bridgehead atoms. The number of halogens is 3. The van der Waals surface area contributed by atoms with E-state index in [2.05, 4.69) is 47.1 Å². The molecule has 2 heterocycles. The first-order chi connectivity index (χ1) is 14.5. The van der Waals surface area contributed by atoms with Crippen molar-refractivity contribution in [1.82, 2.24) is 9.88 Å². The highest BCUT2D eigenvalue weighted by molar-refractivity contribution is 6.42. The highest BCUT2D eigenvalue weighted by atomic mass is 35.5. The molecule has 0 aliphatic carbocycles. The summed E-state index contributed by atoms with van der Waals surface area (Å²) in [5.74, 6) is 1.15. The maximum absolute atomic E-state index is 6.33. The summed E-state index contributed by atoms with van der Waals surface area (Å²) in [4.78, 5) is 6.77. The Bertz CT molecular complexity index is 982. The molecule has 156 valence electrons. The third-order valence-corrected chi connectivity index (χ3v) is 6.63. The van der Waals surface area contributed by atoms with Crippen molar-refractivity contribution in [3.05, 3.63) is 93.1 Å². The zero-order chi connectivity index (χ0) is 21.1. The normalized spacial score (nSPS) is 20.3. The molecule has 2 aromatic carbocycles. The van der Waals surface area contributed by atoms with Crippen LogP contribution in [0.25, 0.3) is 0 Å². The minimum atomic E-state index is -0.0288. The number of hydrogen-bond donors (Lipinski definition) is 0. The average molecular weight is 462 g/mol. The van der Waals surface area contributed by atoms with Gasteiger partial charge in [-0.25, -0.2) is 4.98 Å². The summed E-state index contributed by atoms with van der Waals surface area (Å²) in [6.07, 6.45) is 1.58. The van der Waals surface area contributed by atoms with Crippen LogP contribution < -0.4 is 4.74 Å². The summed E-state index contributed by atoms with van der Waals surface area (Å²) in [6.45, 7) is 4.87. The molecule has 3 nitrogen and oxygen atoms in total. The molecular formula is C24H23Cl3N2O. The number of pyridine rings is 1. The Balaban J connectivity index is 1.56. The fraction of sp³-hybridized carbons (Fsp3) is 0.292. The lowest BCUT2D eigenvalue weighted by Gasteiger charge is -2.26. The molecule has 1 aliphatic heterocycles. The van der Waals surface area contributed by atoms with Crippen LogP contribution in [0.5, 0.6) is 5.88 Å². The molecule has 4 rings (SSSR count). The monoisotopic (exact) mass is 460 g/mol. The lowest BCUT2D eigenvalue weighted by Crippen LogP contribution is -2.30. The van der Waals surface area contributed by atoms with Gasteiger partial charge in [-0.1, -0.05) is 71.2 Å². The largest absolute Gasteiger partial charge is 0.474 e. The molecule has 1 aliphatic rings. The van der Waals surface area contributed by atoms with Crippen molar-refractivity contribution in [1.29, 1.82) is 0 Å². The number of hydrogen-bond acceptors (Lipinski definition) is 3. The molecule has 6 heteroatoms. The molecule has 3 atom stereocenters. The Morgan fingerprint density at radius 3 is 2.50 bits per heavy atom. The minimum absolute atomic E-state index is 0.0288. The van der Waals surface area contributed by atoms with Crippen LogP contribution in [-0.2, 0) is 6.54 Å². The molecule has 0 N–H and O–H groups in total. The van der Waals surface area contributed by atoms with Crippen molar-refractivity contribution in [2.75, 3.05) is 13.1 Å². The van der Waals surface area contributed by atoms with Gasteiger partial charge in [-0.2, -0.15) is 0 Å². The first-order valence-electron chi connectivity index (χ1n) is 9.99. The van der Waals surface area contributed by atoms with Crippen molar-refractivity contribution in [2.24, 2.45) is 5.92 Å². The predicted octanol–water partition coefficient (Wildman–Crippen LogP) is 6.72. The lowest BCUT2D eigenvalue weighted by atomic mass is 9.86. The molecular weight excluding hydrogens is 439 g/mol. The number of nitrogens with zero attached hydrogens (tertiary/aromatic N) is 2. The number of aromatic nitrogens is 1. The summed E-state index contributed by atoms with van der Waals surface area (Å²) in [7, 11) is 0. The van der Waals surface area contributed by atoms with Gasteiger partial charge in [-0.05, 0) is 36.2 Å². The van der Waals surface area contributed by atoms with E-state index in [1.54, 1.807) is 12.3 Å². The maximum Gasteiger partial charge on any atom is 0.213 e. The molecule has 0 radical (unpaired) electrons. The van der Waals surface area contributed by atoms with Crippen molar-refractivity contribution >= 4 is 34.8 Å². The third-order valence-electron chi connectivity index (χ3n) is 5.67. The van der Waals surface area contributed by atoms with Crippen LogP contribution >= 0.6 is 34.8 Å². The highest BCUT2D eigenvalue weighted by Gasteiger charge is 2.38. The summed E-state index contributed by atoms with van der Waals surface area (Å²) < 4.78 is 6.20. The number of rotatable bonds is 6. The van der Waals surface area contributed by atoms with E-state index in [0.29, 0.717) is 20.9 Å². The van der Waals surface area contributed by atoms with E-state index in [4.69, 9.17) is 39.5 Å². The van der Waals surface area contributed by atoms with E-state index in [1.807, 2.05) is 24.3 Å². The van der Waals surface area contributed by atoms with Crippen LogP contribution in [0.15, 0.2) is 66.9 Å². The van der Waals surface area contributed by atoms with E-state index in [-0.39, 0.29) is 17.9 Å². The molecule has 1 aromatic heterocycles. The molecule has 0 spiro atoms. The highest BCUT2D eigenvalue weighted by Crippen LogP contribution is 2.38. The molecule has 0 amide bonds. The van der Waals surface area contributed by atoms with Crippen molar-refractivity contribution in [3.63, 3.8) is 0 Å². The SMILES string of the molecule is C[C@H](Oc1ccc(Cl)cn1)[C@@H]1CN(Cc2ccccc2)C[C@@H]1c1ccc(Cl)c(Cl)c1. The van der Waals surface area contributed by atoms with Gasteiger partial charge in [0.25, 0.3) is 0 Å². The molecule has 1 saturated heterocycles. The number of likely N-dealkylation sites (tertiary alicyclic amines) is 1. The van der Waals surface area contributed by atoms with Gasteiger partial charge in [-0.3, -0.25) is 4.90 Å². The Morgan fingerprint density at radius 2 is 1.80 bits per heavy atom. The molecule has 0 unspecified atom stereocenters. The van der Waals surface area contributed by atoms with Crippen LogP contribution in [-0.4, -0.2) is 29.1 Å². The summed E-state index contributed by atoms with van der Waals surface area (Å²) in [5.41, 5.74) is 2.49. The van der Waals surface area contributed by atoms with E-state index < -0.39 is 0 Å². The summed E-state index contributed by atoms with van der Waals surface area (Å²) in [5, 5.41) is 1.76.